The van der Waals surface area contributed by atoms with E-state index in [0.717, 1.165) is 5.56 Å². The Kier molecular flexibility index (Phi) is 8.69. The van der Waals surface area contributed by atoms with Crippen LogP contribution in [-0.2, 0) is 21.9 Å². The standard InChI is InChI=1S/C25H33FN2O2S/c1-17-11-18(2)13-20(12-17)15-31-16-23(29)28(14-21-9-7-8-10-22(21)26)19(3)24(30)27-25(4,5)6/h7-13,19H,14-16H2,1-6H3,(H,27,30)/t19-/m1/s1. The molecular weight excluding hydrogens is 411 g/mol. The van der Waals surface area contributed by atoms with E-state index in [9.17, 15) is 14.0 Å². The van der Waals surface area contributed by atoms with E-state index in [0.29, 0.717) is 11.3 Å². The zero-order valence-corrected chi connectivity index (χ0v) is 20.1. The lowest BCUT2D eigenvalue weighted by molar-refractivity contribution is -0.139. The highest BCUT2D eigenvalue weighted by atomic mass is 32.2. The van der Waals surface area contributed by atoms with Crippen molar-refractivity contribution in [1.29, 1.82) is 0 Å². The summed E-state index contributed by atoms with van der Waals surface area (Å²) in [5, 5.41) is 2.92. The molecule has 1 N–H and O–H groups in total. The Labute approximate surface area is 189 Å². The molecule has 6 heteroatoms. The number of thioether (sulfide) groups is 1. The SMILES string of the molecule is Cc1cc(C)cc(CSCC(=O)N(Cc2ccccc2F)[C@H](C)C(=O)NC(C)(C)C)c1. The van der Waals surface area contributed by atoms with Crippen molar-refractivity contribution in [3.8, 4) is 0 Å². The van der Waals surface area contributed by atoms with E-state index < -0.39 is 11.6 Å². The Hall–Kier alpha value is -2.34. The topological polar surface area (TPSA) is 49.4 Å². The van der Waals surface area contributed by atoms with Gasteiger partial charge in [0.05, 0.1) is 5.75 Å². The molecule has 0 aliphatic rings. The molecule has 2 aromatic rings. The lowest BCUT2D eigenvalue weighted by Gasteiger charge is -2.31. The summed E-state index contributed by atoms with van der Waals surface area (Å²) >= 11 is 1.50. The minimum absolute atomic E-state index is 0.0499. The van der Waals surface area contributed by atoms with Crippen molar-refractivity contribution in [3.05, 3.63) is 70.5 Å². The number of hydrogen-bond donors (Lipinski definition) is 1. The van der Waals surface area contributed by atoms with E-state index in [1.165, 1.54) is 33.9 Å². The van der Waals surface area contributed by atoms with Gasteiger partial charge in [-0.05, 0) is 53.2 Å². The van der Waals surface area contributed by atoms with Crippen LogP contribution in [0.15, 0.2) is 42.5 Å². The highest BCUT2D eigenvalue weighted by Crippen LogP contribution is 2.19. The Morgan fingerprint density at radius 2 is 1.71 bits per heavy atom. The van der Waals surface area contributed by atoms with Crippen LogP contribution in [0.3, 0.4) is 0 Å². The van der Waals surface area contributed by atoms with Crippen molar-refractivity contribution in [3.63, 3.8) is 0 Å². The number of nitrogens with zero attached hydrogens (tertiary/aromatic N) is 1. The molecular formula is C25H33FN2O2S. The normalized spacial score (nSPS) is 12.4. The largest absolute Gasteiger partial charge is 0.350 e. The molecule has 0 aliphatic heterocycles. The Bertz CT molecular complexity index is 904. The average Bonchev–Trinajstić information content (AvgIpc) is 2.64. The van der Waals surface area contributed by atoms with Crippen LogP contribution in [0.5, 0.6) is 0 Å². The molecule has 0 saturated carbocycles. The number of amides is 2. The van der Waals surface area contributed by atoms with Gasteiger partial charge in [-0.25, -0.2) is 4.39 Å². The first-order valence-electron chi connectivity index (χ1n) is 10.5. The first-order valence-corrected chi connectivity index (χ1v) is 11.6. The summed E-state index contributed by atoms with van der Waals surface area (Å²) in [4.78, 5) is 27.3. The Balaban J connectivity index is 2.13. The van der Waals surface area contributed by atoms with E-state index in [1.54, 1.807) is 25.1 Å². The third-order valence-corrected chi connectivity index (χ3v) is 5.73. The minimum atomic E-state index is -0.715. The molecule has 0 fully saturated rings. The lowest BCUT2D eigenvalue weighted by atomic mass is 10.1. The molecule has 2 amide bonds. The van der Waals surface area contributed by atoms with Crippen LogP contribution >= 0.6 is 11.8 Å². The summed E-state index contributed by atoms with van der Waals surface area (Å²) < 4.78 is 14.3. The molecule has 31 heavy (non-hydrogen) atoms. The van der Waals surface area contributed by atoms with Gasteiger partial charge in [0.25, 0.3) is 0 Å². The number of carbonyl (C=O) groups excluding carboxylic acids is 2. The van der Waals surface area contributed by atoms with E-state index in [2.05, 4.69) is 37.4 Å². The fourth-order valence-corrected chi connectivity index (χ4v) is 4.20. The predicted molar refractivity (Wildman–Crippen MR) is 126 cm³/mol. The number of aryl methyl sites for hydroxylation is 2. The summed E-state index contributed by atoms with van der Waals surface area (Å²) in [7, 11) is 0. The Morgan fingerprint density at radius 3 is 2.29 bits per heavy atom. The maximum absolute atomic E-state index is 14.3. The van der Waals surface area contributed by atoms with E-state index in [1.807, 2.05) is 20.8 Å². The van der Waals surface area contributed by atoms with Crippen LogP contribution in [0, 0.1) is 19.7 Å². The fraction of sp³-hybridized carbons (Fsp3) is 0.440. The smallest absolute Gasteiger partial charge is 0.242 e. The van der Waals surface area contributed by atoms with E-state index >= 15 is 0 Å². The molecule has 0 unspecified atom stereocenters. The van der Waals surface area contributed by atoms with Crippen molar-refractivity contribution >= 4 is 23.6 Å². The van der Waals surface area contributed by atoms with Crippen molar-refractivity contribution in [2.75, 3.05) is 5.75 Å². The summed E-state index contributed by atoms with van der Waals surface area (Å²) in [6.07, 6.45) is 0. The number of carbonyl (C=O) groups is 2. The molecule has 4 nitrogen and oxygen atoms in total. The molecule has 0 bridgehead atoms. The molecule has 0 aliphatic carbocycles. The maximum atomic E-state index is 14.3. The van der Waals surface area contributed by atoms with Crippen molar-refractivity contribution in [1.82, 2.24) is 10.2 Å². The third kappa shape index (κ3) is 8.02. The van der Waals surface area contributed by atoms with Gasteiger partial charge in [-0.15, -0.1) is 11.8 Å². The summed E-state index contributed by atoms with van der Waals surface area (Å²) in [5.74, 6) is 0.0937. The number of rotatable bonds is 8. The van der Waals surface area contributed by atoms with Gasteiger partial charge in [-0.1, -0.05) is 47.5 Å². The molecule has 168 valence electrons. The number of hydrogen-bond acceptors (Lipinski definition) is 3. The van der Waals surface area contributed by atoms with Gasteiger partial charge < -0.3 is 10.2 Å². The molecule has 2 rings (SSSR count). The highest BCUT2D eigenvalue weighted by Gasteiger charge is 2.28. The Morgan fingerprint density at radius 1 is 1.10 bits per heavy atom. The summed E-state index contributed by atoms with van der Waals surface area (Å²) in [6.45, 7) is 11.5. The van der Waals surface area contributed by atoms with Crippen LogP contribution in [0.2, 0.25) is 0 Å². The molecule has 0 saturated heterocycles. The van der Waals surface area contributed by atoms with E-state index in [4.69, 9.17) is 0 Å². The summed E-state index contributed by atoms with van der Waals surface area (Å²) in [5.41, 5.74) is 3.52. The van der Waals surface area contributed by atoms with Crippen LogP contribution < -0.4 is 5.32 Å². The van der Waals surface area contributed by atoms with Gasteiger partial charge in [-0.3, -0.25) is 9.59 Å². The average molecular weight is 445 g/mol. The highest BCUT2D eigenvalue weighted by molar-refractivity contribution is 7.99. The van der Waals surface area contributed by atoms with Gasteiger partial charge >= 0.3 is 0 Å². The zero-order chi connectivity index (χ0) is 23.2. The van der Waals surface area contributed by atoms with Crippen molar-refractivity contribution in [2.24, 2.45) is 0 Å². The molecule has 0 spiro atoms. The lowest BCUT2D eigenvalue weighted by Crippen LogP contribution is -2.52. The first kappa shape index (κ1) is 24.9. The van der Waals surface area contributed by atoms with Gasteiger partial charge in [0.1, 0.15) is 11.9 Å². The molecule has 1 atom stereocenters. The van der Waals surface area contributed by atoms with Gasteiger partial charge in [0, 0.05) is 23.4 Å². The van der Waals surface area contributed by atoms with Gasteiger partial charge in [0.2, 0.25) is 11.8 Å². The van der Waals surface area contributed by atoms with E-state index in [-0.39, 0.29) is 29.9 Å². The monoisotopic (exact) mass is 444 g/mol. The number of nitrogens with one attached hydrogen (secondary N) is 1. The number of benzene rings is 2. The second kappa shape index (κ2) is 10.8. The maximum Gasteiger partial charge on any atom is 0.242 e. The van der Waals surface area contributed by atoms with Crippen LogP contribution in [0.1, 0.15) is 49.9 Å². The quantitative estimate of drug-likeness (QED) is 0.623. The third-order valence-electron chi connectivity index (χ3n) is 4.74. The zero-order valence-electron chi connectivity index (χ0n) is 19.3. The number of halogens is 1. The predicted octanol–water partition coefficient (Wildman–Crippen LogP) is 5.01. The summed E-state index contributed by atoms with van der Waals surface area (Å²) in [6, 6.07) is 12.0. The van der Waals surface area contributed by atoms with Crippen molar-refractivity contribution in [2.45, 2.75) is 65.4 Å². The van der Waals surface area contributed by atoms with Gasteiger partial charge in [-0.2, -0.15) is 0 Å². The fourth-order valence-electron chi connectivity index (χ4n) is 3.36. The molecule has 0 aromatic heterocycles. The minimum Gasteiger partial charge on any atom is -0.350 e. The van der Waals surface area contributed by atoms with Gasteiger partial charge in [0.15, 0.2) is 0 Å². The second-order valence-electron chi connectivity index (χ2n) is 9.02. The van der Waals surface area contributed by atoms with Crippen LogP contribution in [0.4, 0.5) is 4.39 Å². The molecule has 0 heterocycles. The first-order chi connectivity index (χ1) is 14.5. The molecule has 0 radical (unpaired) electrons. The van der Waals surface area contributed by atoms with Crippen LogP contribution in [-0.4, -0.2) is 34.0 Å². The molecule has 2 aromatic carbocycles. The van der Waals surface area contributed by atoms with Crippen LogP contribution in [0.25, 0.3) is 0 Å². The second-order valence-corrected chi connectivity index (χ2v) is 10.0. The van der Waals surface area contributed by atoms with Crippen molar-refractivity contribution < 1.29 is 14.0 Å².